The maximum Gasteiger partial charge on any atom is 0.279 e. The van der Waals surface area contributed by atoms with Gasteiger partial charge in [0, 0.05) is 18.5 Å². The second-order valence-corrected chi connectivity index (χ2v) is 6.27. The average Bonchev–Trinajstić information content (AvgIpc) is 3.15. The number of nitrogens with one attached hydrogen (secondary N) is 1. The summed E-state index contributed by atoms with van der Waals surface area (Å²) in [7, 11) is 1.59. The number of thiazole rings is 1. The molecule has 1 amide bonds. The molecule has 0 spiro atoms. The van der Waals surface area contributed by atoms with Crippen molar-refractivity contribution in [1.82, 2.24) is 19.6 Å². The number of methoxy groups -OCH3 is 1. The number of nitrogens with zero attached hydrogens (tertiary/aromatic N) is 4. The van der Waals surface area contributed by atoms with E-state index in [1.165, 1.54) is 15.9 Å². The largest absolute Gasteiger partial charge is 0.497 e. The summed E-state index contributed by atoms with van der Waals surface area (Å²) in [6.07, 6.45) is 3.26. The number of aromatic nitrogens is 4. The summed E-state index contributed by atoms with van der Waals surface area (Å²) < 4.78 is 7.57. The molecule has 3 heterocycles. The van der Waals surface area contributed by atoms with E-state index in [0.29, 0.717) is 16.5 Å². The number of rotatable bonds is 3. The molecule has 0 bridgehead atoms. The Kier molecular flexibility index (Phi) is 3.55. The first-order valence-corrected chi connectivity index (χ1v) is 8.10. The lowest BCUT2D eigenvalue weighted by molar-refractivity contribution is 0.102. The van der Waals surface area contributed by atoms with E-state index < -0.39 is 5.91 Å². The molecule has 0 aliphatic rings. The van der Waals surface area contributed by atoms with E-state index in [0.717, 1.165) is 10.2 Å². The van der Waals surface area contributed by atoms with E-state index in [1.807, 2.05) is 18.2 Å². The number of hydrogen-bond donors (Lipinski definition) is 1. The van der Waals surface area contributed by atoms with Gasteiger partial charge in [0.05, 0.1) is 17.3 Å². The van der Waals surface area contributed by atoms with Crippen molar-refractivity contribution < 1.29 is 9.53 Å². The zero-order chi connectivity index (χ0) is 16.7. The first-order valence-electron chi connectivity index (χ1n) is 6.90. The van der Waals surface area contributed by atoms with Crippen molar-refractivity contribution in [3.05, 3.63) is 47.4 Å². The number of fused-ring (bicyclic) bond motifs is 2. The molecular formula is C15H10ClN5O2S. The van der Waals surface area contributed by atoms with Crippen LogP contribution in [0.3, 0.4) is 0 Å². The standard InChI is InChI=1S/C15H10ClN5O2S/c1-23-8-3-4-10-9(7-8)18-15(24-10)19-14(22)12-11(16)13-17-5-2-6-21(13)20-12/h2-7H,1H3,(H,18,19,22). The molecule has 7 nitrogen and oxygen atoms in total. The molecule has 120 valence electrons. The van der Waals surface area contributed by atoms with E-state index in [9.17, 15) is 4.79 Å². The molecule has 0 atom stereocenters. The van der Waals surface area contributed by atoms with Crippen molar-refractivity contribution in [2.75, 3.05) is 12.4 Å². The van der Waals surface area contributed by atoms with Crippen molar-refractivity contribution >= 4 is 49.8 Å². The highest BCUT2D eigenvalue weighted by molar-refractivity contribution is 7.22. The van der Waals surface area contributed by atoms with Crippen molar-refractivity contribution in [3.63, 3.8) is 0 Å². The van der Waals surface area contributed by atoms with Crippen LogP contribution in [0.5, 0.6) is 5.75 Å². The summed E-state index contributed by atoms with van der Waals surface area (Å²) in [5.74, 6) is 0.275. The van der Waals surface area contributed by atoms with Crippen molar-refractivity contribution in [1.29, 1.82) is 0 Å². The van der Waals surface area contributed by atoms with Crippen molar-refractivity contribution in [2.24, 2.45) is 0 Å². The SMILES string of the molecule is COc1ccc2sc(NC(=O)c3nn4cccnc4c3Cl)nc2c1. The molecule has 0 saturated heterocycles. The second-order valence-electron chi connectivity index (χ2n) is 4.86. The number of carbonyl (C=O) groups is 1. The van der Waals surface area contributed by atoms with Gasteiger partial charge in [-0.2, -0.15) is 5.10 Å². The van der Waals surface area contributed by atoms with Gasteiger partial charge >= 0.3 is 0 Å². The molecule has 9 heteroatoms. The number of ether oxygens (including phenoxy) is 1. The third-order valence-corrected chi connectivity index (χ3v) is 4.67. The maximum atomic E-state index is 12.4. The molecule has 1 N–H and O–H groups in total. The fourth-order valence-corrected chi connectivity index (χ4v) is 3.35. The normalized spacial score (nSPS) is 11.1. The van der Waals surface area contributed by atoms with Crippen LogP contribution in [0.25, 0.3) is 15.9 Å². The summed E-state index contributed by atoms with van der Waals surface area (Å²) in [4.78, 5) is 20.9. The number of amides is 1. The Morgan fingerprint density at radius 3 is 3.08 bits per heavy atom. The highest BCUT2D eigenvalue weighted by Gasteiger charge is 2.20. The fraction of sp³-hybridized carbons (Fsp3) is 0.0667. The third kappa shape index (κ3) is 2.45. The predicted molar refractivity (Wildman–Crippen MR) is 92.1 cm³/mol. The van der Waals surface area contributed by atoms with Gasteiger partial charge in [-0.3, -0.25) is 10.1 Å². The lowest BCUT2D eigenvalue weighted by Gasteiger charge is -1.97. The molecular weight excluding hydrogens is 350 g/mol. The molecule has 0 radical (unpaired) electrons. The molecule has 0 aliphatic heterocycles. The summed E-state index contributed by atoms with van der Waals surface area (Å²) in [6, 6.07) is 7.25. The number of halogens is 1. The molecule has 0 fully saturated rings. The first-order chi connectivity index (χ1) is 11.7. The average molecular weight is 360 g/mol. The number of benzene rings is 1. The molecule has 1 aromatic carbocycles. The van der Waals surface area contributed by atoms with Gasteiger partial charge in [0.1, 0.15) is 10.8 Å². The zero-order valence-electron chi connectivity index (χ0n) is 12.4. The third-order valence-electron chi connectivity index (χ3n) is 3.37. The van der Waals surface area contributed by atoms with Crippen LogP contribution in [0.4, 0.5) is 5.13 Å². The number of hydrogen-bond acceptors (Lipinski definition) is 6. The molecule has 0 unspecified atom stereocenters. The van der Waals surface area contributed by atoms with Gasteiger partial charge in [-0.1, -0.05) is 22.9 Å². The summed E-state index contributed by atoms with van der Waals surface area (Å²) in [5.41, 5.74) is 1.28. The Morgan fingerprint density at radius 2 is 2.29 bits per heavy atom. The summed E-state index contributed by atoms with van der Waals surface area (Å²) in [6.45, 7) is 0. The van der Waals surface area contributed by atoms with Crippen LogP contribution >= 0.6 is 22.9 Å². The van der Waals surface area contributed by atoms with Gasteiger partial charge in [0.2, 0.25) is 0 Å². The van der Waals surface area contributed by atoms with Crippen LogP contribution in [0, 0.1) is 0 Å². The Labute approximate surface area is 144 Å². The molecule has 0 saturated carbocycles. The highest BCUT2D eigenvalue weighted by atomic mass is 35.5. The molecule has 4 aromatic rings. The lowest BCUT2D eigenvalue weighted by atomic mass is 10.3. The Bertz CT molecular complexity index is 1070. The van der Waals surface area contributed by atoms with E-state index in [2.05, 4.69) is 20.4 Å². The van der Waals surface area contributed by atoms with Gasteiger partial charge in [-0.05, 0) is 18.2 Å². The lowest BCUT2D eigenvalue weighted by Crippen LogP contribution is -2.12. The smallest absolute Gasteiger partial charge is 0.279 e. The van der Waals surface area contributed by atoms with Crippen LogP contribution < -0.4 is 10.1 Å². The highest BCUT2D eigenvalue weighted by Crippen LogP contribution is 2.29. The van der Waals surface area contributed by atoms with E-state index in [-0.39, 0.29) is 10.7 Å². The summed E-state index contributed by atoms with van der Waals surface area (Å²) in [5, 5.41) is 7.55. The van der Waals surface area contributed by atoms with Crippen LogP contribution in [-0.4, -0.2) is 32.6 Å². The minimum absolute atomic E-state index is 0.104. The predicted octanol–water partition coefficient (Wildman–Crippen LogP) is 3.25. The van der Waals surface area contributed by atoms with E-state index in [1.54, 1.807) is 25.6 Å². The Balaban J connectivity index is 1.66. The van der Waals surface area contributed by atoms with E-state index >= 15 is 0 Å². The van der Waals surface area contributed by atoms with Gasteiger partial charge in [0.15, 0.2) is 16.5 Å². The van der Waals surface area contributed by atoms with Crippen molar-refractivity contribution in [3.8, 4) is 5.75 Å². The minimum Gasteiger partial charge on any atom is -0.497 e. The van der Waals surface area contributed by atoms with E-state index in [4.69, 9.17) is 16.3 Å². The maximum absolute atomic E-state index is 12.4. The Morgan fingerprint density at radius 1 is 1.42 bits per heavy atom. The molecule has 0 aliphatic carbocycles. The quantitative estimate of drug-likeness (QED) is 0.607. The Hall–Kier alpha value is -2.71. The van der Waals surface area contributed by atoms with Gasteiger partial charge in [0.25, 0.3) is 5.91 Å². The van der Waals surface area contributed by atoms with Crippen LogP contribution in [0.15, 0.2) is 36.7 Å². The number of carbonyl (C=O) groups excluding carboxylic acids is 1. The molecule has 24 heavy (non-hydrogen) atoms. The van der Waals surface area contributed by atoms with Gasteiger partial charge in [-0.15, -0.1) is 0 Å². The monoisotopic (exact) mass is 359 g/mol. The van der Waals surface area contributed by atoms with Gasteiger partial charge < -0.3 is 4.74 Å². The minimum atomic E-state index is -0.434. The first kappa shape index (κ1) is 14.9. The van der Waals surface area contributed by atoms with Crippen LogP contribution in [0.2, 0.25) is 5.02 Å². The van der Waals surface area contributed by atoms with Crippen molar-refractivity contribution in [2.45, 2.75) is 0 Å². The second kappa shape index (κ2) is 5.73. The molecule has 4 rings (SSSR count). The molecule has 3 aromatic heterocycles. The topological polar surface area (TPSA) is 81.4 Å². The zero-order valence-corrected chi connectivity index (χ0v) is 13.9. The summed E-state index contributed by atoms with van der Waals surface area (Å²) >= 11 is 7.56. The number of anilines is 1. The van der Waals surface area contributed by atoms with Crippen LogP contribution in [0.1, 0.15) is 10.5 Å². The fourth-order valence-electron chi connectivity index (χ4n) is 2.25. The van der Waals surface area contributed by atoms with Gasteiger partial charge in [-0.25, -0.2) is 14.5 Å². The van der Waals surface area contributed by atoms with Crippen LogP contribution in [-0.2, 0) is 0 Å².